The minimum atomic E-state index is -3.61. The molecule has 0 unspecified atom stereocenters. The summed E-state index contributed by atoms with van der Waals surface area (Å²) in [7, 11) is 1.38. The zero-order chi connectivity index (χ0) is 28.4. The molecule has 38 heavy (non-hydrogen) atoms. The molecule has 9 nitrogen and oxygen atoms in total. The standard InChI is InChI=1S/C27H35F2N5O4/c1-6-11-27(28,29)25(38)31-17(4)22(35)33(5)21(12-16(2)3)23(36)34-15-26(13-18(34)14-30)19-9-7-8-10-20(19)32-24(26)37/h7-10,16-18,21H,6,11-13,15H2,1-5H3,(H,31,38)(H,32,37)/t17-,18-,21-,26-/m0/s1. The van der Waals surface area contributed by atoms with Crippen molar-refractivity contribution in [2.24, 2.45) is 5.92 Å². The summed E-state index contributed by atoms with van der Waals surface area (Å²) in [6.07, 6.45) is -0.207. The highest BCUT2D eigenvalue weighted by molar-refractivity contribution is 6.07. The number of carbonyl (C=O) groups excluding carboxylic acids is 4. The Kier molecular flexibility index (Phi) is 8.44. The molecule has 0 bridgehead atoms. The van der Waals surface area contributed by atoms with Gasteiger partial charge in [-0.2, -0.15) is 14.0 Å². The second kappa shape index (κ2) is 11.1. The maximum atomic E-state index is 14.0. The molecule has 11 heteroatoms. The molecule has 2 aliphatic heterocycles. The van der Waals surface area contributed by atoms with Crippen LogP contribution in [0, 0.1) is 17.2 Å². The van der Waals surface area contributed by atoms with Crippen LogP contribution in [0.2, 0.25) is 0 Å². The van der Waals surface area contributed by atoms with Gasteiger partial charge in [0.1, 0.15) is 18.1 Å². The minimum absolute atomic E-state index is 0.0287. The first-order chi connectivity index (χ1) is 17.8. The lowest BCUT2D eigenvalue weighted by Crippen LogP contribution is -2.56. The number of para-hydroxylation sites is 1. The zero-order valence-corrected chi connectivity index (χ0v) is 22.4. The maximum absolute atomic E-state index is 14.0. The quantitative estimate of drug-likeness (QED) is 0.507. The minimum Gasteiger partial charge on any atom is -0.339 e. The van der Waals surface area contributed by atoms with Gasteiger partial charge in [0, 0.05) is 32.1 Å². The molecule has 4 atom stereocenters. The van der Waals surface area contributed by atoms with Crippen LogP contribution in [0.4, 0.5) is 14.5 Å². The van der Waals surface area contributed by atoms with Crippen molar-refractivity contribution in [3.8, 4) is 6.07 Å². The predicted molar refractivity (Wildman–Crippen MR) is 136 cm³/mol. The van der Waals surface area contributed by atoms with Crippen molar-refractivity contribution in [3.63, 3.8) is 0 Å². The Bertz CT molecular complexity index is 1150. The molecule has 0 radical (unpaired) electrons. The van der Waals surface area contributed by atoms with Crippen LogP contribution in [0.3, 0.4) is 0 Å². The van der Waals surface area contributed by atoms with Crippen LogP contribution in [0.1, 0.15) is 58.9 Å². The first-order valence-electron chi connectivity index (χ1n) is 12.9. The van der Waals surface area contributed by atoms with Gasteiger partial charge in [-0.15, -0.1) is 0 Å². The van der Waals surface area contributed by atoms with E-state index in [2.05, 4.69) is 16.7 Å². The maximum Gasteiger partial charge on any atom is 0.324 e. The highest BCUT2D eigenvalue weighted by Gasteiger charge is 2.56. The summed E-state index contributed by atoms with van der Waals surface area (Å²) >= 11 is 0. The number of hydrogen-bond acceptors (Lipinski definition) is 5. The lowest BCUT2D eigenvalue weighted by atomic mass is 9.80. The van der Waals surface area contributed by atoms with Gasteiger partial charge in [0.25, 0.3) is 5.91 Å². The van der Waals surface area contributed by atoms with E-state index in [4.69, 9.17) is 0 Å². The van der Waals surface area contributed by atoms with E-state index in [1.807, 2.05) is 13.8 Å². The van der Waals surface area contributed by atoms with E-state index in [1.54, 1.807) is 24.3 Å². The fourth-order valence-electron chi connectivity index (χ4n) is 5.30. The van der Waals surface area contributed by atoms with E-state index >= 15 is 0 Å². The topological polar surface area (TPSA) is 123 Å². The molecule has 2 aliphatic rings. The zero-order valence-electron chi connectivity index (χ0n) is 22.4. The van der Waals surface area contributed by atoms with Gasteiger partial charge in [-0.05, 0) is 37.3 Å². The summed E-state index contributed by atoms with van der Waals surface area (Å²) in [6, 6.07) is 6.05. The van der Waals surface area contributed by atoms with Gasteiger partial charge in [0.15, 0.2) is 0 Å². The summed E-state index contributed by atoms with van der Waals surface area (Å²) in [4.78, 5) is 54.7. The molecule has 1 saturated heterocycles. The first-order valence-corrected chi connectivity index (χ1v) is 12.9. The second-order valence-corrected chi connectivity index (χ2v) is 10.6. The Hall–Kier alpha value is -3.55. The SMILES string of the molecule is CCCC(F)(F)C(=O)N[C@@H](C)C(=O)N(C)[C@@H](CC(C)C)C(=O)N1C[C@]2(C[C@H]1C#N)C(=O)Nc1ccccc12. The molecule has 3 rings (SSSR count). The number of likely N-dealkylation sites (N-methyl/N-ethyl adjacent to an activating group) is 1. The number of carbonyl (C=O) groups is 4. The molecule has 2 heterocycles. The number of hydrogen-bond donors (Lipinski definition) is 2. The molecular formula is C27H35F2N5O4. The number of anilines is 1. The predicted octanol–water partition coefficient (Wildman–Crippen LogP) is 2.81. The Morgan fingerprint density at radius 2 is 1.95 bits per heavy atom. The third-order valence-electron chi connectivity index (χ3n) is 7.32. The van der Waals surface area contributed by atoms with Crippen LogP contribution in [0.5, 0.6) is 0 Å². The average molecular weight is 532 g/mol. The van der Waals surface area contributed by atoms with E-state index in [9.17, 15) is 33.2 Å². The fraction of sp³-hybridized carbons (Fsp3) is 0.593. The first kappa shape index (κ1) is 29.0. The van der Waals surface area contributed by atoms with Crippen LogP contribution in [-0.2, 0) is 24.6 Å². The molecule has 206 valence electrons. The molecule has 0 aromatic heterocycles. The molecule has 4 amide bonds. The van der Waals surface area contributed by atoms with Crippen LogP contribution < -0.4 is 10.6 Å². The van der Waals surface area contributed by atoms with Crippen LogP contribution in [0.15, 0.2) is 24.3 Å². The molecule has 0 aliphatic carbocycles. The van der Waals surface area contributed by atoms with Crippen molar-refractivity contribution in [3.05, 3.63) is 29.8 Å². The van der Waals surface area contributed by atoms with Gasteiger partial charge in [0.2, 0.25) is 17.7 Å². The van der Waals surface area contributed by atoms with E-state index < -0.39 is 53.6 Å². The summed E-state index contributed by atoms with van der Waals surface area (Å²) < 4.78 is 28.0. The van der Waals surface area contributed by atoms with Crippen LogP contribution >= 0.6 is 0 Å². The summed E-state index contributed by atoms with van der Waals surface area (Å²) in [5, 5.41) is 14.8. The summed E-state index contributed by atoms with van der Waals surface area (Å²) in [5.41, 5.74) is 0.276. The number of benzene rings is 1. The Morgan fingerprint density at radius 1 is 1.29 bits per heavy atom. The highest BCUT2D eigenvalue weighted by atomic mass is 19.3. The van der Waals surface area contributed by atoms with Gasteiger partial charge >= 0.3 is 5.92 Å². The Morgan fingerprint density at radius 3 is 2.55 bits per heavy atom. The largest absolute Gasteiger partial charge is 0.339 e. The smallest absolute Gasteiger partial charge is 0.324 e. The number of nitrogens with one attached hydrogen (secondary N) is 2. The normalized spacial score (nSPS) is 22.0. The molecular weight excluding hydrogens is 496 g/mol. The summed E-state index contributed by atoms with van der Waals surface area (Å²) in [5.74, 6) is -6.70. The van der Waals surface area contributed by atoms with E-state index in [1.165, 1.54) is 25.8 Å². The van der Waals surface area contributed by atoms with Gasteiger partial charge in [-0.1, -0.05) is 39.0 Å². The van der Waals surface area contributed by atoms with Gasteiger partial charge in [-0.3, -0.25) is 19.2 Å². The van der Waals surface area contributed by atoms with E-state index in [0.29, 0.717) is 5.69 Å². The van der Waals surface area contributed by atoms with Crippen molar-refractivity contribution >= 4 is 29.3 Å². The number of rotatable bonds is 9. The highest BCUT2D eigenvalue weighted by Crippen LogP contribution is 2.46. The molecule has 1 aromatic rings. The lowest BCUT2D eigenvalue weighted by Gasteiger charge is -2.34. The number of fused-ring (bicyclic) bond motifs is 2. The average Bonchev–Trinajstić information content (AvgIpc) is 3.39. The van der Waals surface area contributed by atoms with Crippen molar-refractivity contribution in [1.29, 1.82) is 5.26 Å². The molecule has 2 N–H and O–H groups in total. The Labute approximate surface area is 221 Å². The van der Waals surface area contributed by atoms with Crippen LogP contribution in [0.25, 0.3) is 0 Å². The number of alkyl halides is 2. The third kappa shape index (κ3) is 5.35. The second-order valence-electron chi connectivity index (χ2n) is 10.6. The van der Waals surface area contributed by atoms with E-state index in [0.717, 1.165) is 10.5 Å². The van der Waals surface area contributed by atoms with Gasteiger partial charge in [0.05, 0.1) is 11.5 Å². The number of nitriles is 1. The molecule has 1 fully saturated rings. The van der Waals surface area contributed by atoms with Crippen molar-refractivity contribution in [2.75, 3.05) is 18.9 Å². The molecule has 1 spiro atoms. The van der Waals surface area contributed by atoms with Crippen molar-refractivity contribution in [2.45, 2.75) is 82.8 Å². The van der Waals surface area contributed by atoms with Crippen LogP contribution in [-0.4, -0.2) is 71.1 Å². The monoisotopic (exact) mass is 531 g/mol. The third-order valence-corrected chi connectivity index (χ3v) is 7.32. The molecule has 1 aromatic carbocycles. The van der Waals surface area contributed by atoms with Crippen molar-refractivity contribution < 1.29 is 28.0 Å². The fourth-order valence-corrected chi connectivity index (χ4v) is 5.30. The number of nitrogens with zero attached hydrogens (tertiary/aromatic N) is 3. The lowest BCUT2D eigenvalue weighted by molar-refractivity contribution is -0.151. The Balaban J connectivity index is 1.85. The number of halogens is 2. The van der Waals surface area contributed by atoms with E-state index in [-0.39, 0.29) is 37.6 Å². The number of likely N-dealkylation sites (tertiary alicyclic amines) is 1. The van der Waals surface area contributed by atoms with Gasteiger partial charge in [-0.25, -0.2) is 0 Å². The summed E-state index contributed by atoms with van der Waals surface area (Å²) in [6.45, 7) is 6.51. The number of amides is 4. The van der Waals surface area contributed by atoms with Gasteiger partial charge < -0.3 is 20.4 Å². The molecule has 0 saturated carbocycles. The van der Waals surface area contributed by atoms with Crippen molar-refractivity contribution in [1.82, 2.24) is 15.1 Å².